The monoisotopic (exact) mass is 769 g/mol. The van der Waals surface area contributed by atoms with E-state index in [1.807, 2.05) is 0 Å². The van der Waals surface area contributed by atoms with Crippen LogP contribution >= 0.6 is 0 Å². The van der Waals surface area contributed by atoms with Gasteiger partial charge in [0, 0.05) is 18.1 Å². The van der Waals surface area contributed by atoms with Crippen molar-refractivity contribution in [3.63, 3.8) is 0 Å². The summed E-state index contributed by atoms with van der Waals surface area (Å²) in [7, 11) is -3.18. The van der Waals surface area contributed by atoms with Gasteiger partial charge in [-0.25, -0.2) is 22.0 Å². The summed E-state index contributed by atoms with van der Waals surface area (Å²) >= 11 is 0. The van der Waals surface area contributed by atoms with E-state index in [0.29, 0.717) is 30.5 Å². The molecule has 3 aromatic rings. The first kappa shape index (κ1) is 40.7. The lowest BCUT2D eigenvalue weighted by molar-refractivity contribution is -0.757. The molecule has 1 fully saturated rings. The minimum absolute atomic E-state index is 0.0393. The van der Waals surface area contributed by atoms with Gasteiger partial charge in [0.2, 0.25) is 0 Å². The summed E-state index contributed by atoms with van der Waals surface area (Å²) in [4.78, 5) is 38.7. The number of halogens is 5. The van der Waals surface area contributed by atoms with Crippen LogP contribution in [0.5, 0.6) is 11.5 Å². The quantitative estimate of drug-likeness (QED) is 0.0269. The van der Waals surface area contributed by atoms with E-state index in [2.05, 4.69) is 4.84 Å². The number of benzene rings is 3. The Labute approximate surface area is 301 Å². The molecule has 1 aliphatic carbocycles. The number of sulfone groups is 1. The second-order valence-corrected chi connectivity index (χ2v) is 14.5. The zero-order chi connectivity index (χ0) is 38.8. The van der Waals surface area contributed by atoms with Crippen LogP contribution in [-0.4, -0.2) is 45.8 Å². The summed E-state index contributed by atoms with van der Waals surface area (Å²) in [6, 6.07) is 9.90. The summed E-state index contributed by atoms with van der Waals surface area (Å²) in [5.41, 5.74) is -0.948. The number of ether oxygens (including phenoxy) is 3. The topological polar surface area (TPSA) is 148 Å². The van der Waals surface area contributed by atoms with Crippen molar-refractivity contribution in [2.75, 3.05) is 20.3 Å². The number of rotatable bonds is 16. The lowest BCUT2D eigenvalue weighted by Gasteiger charge is -2.40. The zero-order valence-electron chi connectivity index (χ0n) is 28.4. The molecule has 1 saturated carbocycles. The van der Waals surface area contributed by atoms with Gasteiger partial charge in [-0.15, -0.1) is 10.1 Å². The summed E-state index contributed by atoms with van der Waals surface area (Å²) < 4.78 is 111. The minimum atomic E-state index is -4.71. The number of hydrogen-bond acceptors (Lipinski definition) is 10. The van der Waals surface area contributed by atoms with Gasteiger partial charge >= 0.3 is 18.1 Å². The van der Waals surface area contributed by atoms with Crippen LogP contribution in [0.25, 0.3) is 6.08 Å². The third-order valence-corrected chi connectivity index (χ3v) is 11.4. The first-order valence-corrected chi connectivity index (χ1v) is 17.9. The molecule has 0 aromatic heterocycles. The smallest absolute Gasteiger partial charge is 0.416 e. The standard InChI is InChI=1S/C36H36F5NO10S/c1-49-32-22-25(6-14-33(43)50-20-2-3-21-51-42(45)46)4-13-31(32)52-34(44)15-5-24-16-18-35(19-17-24,29-23-27(37)9-12-30(29)38)53(47,48)28-10-7-26(8-11-28)36(39,40)41/h4,6-14,22-24H,2-3,5,15-21H2,1H3. The number of methoxy groups -OCH3 is 1. The fraction of sp³-hybridized carbons (Fsp3) is 0.389. The number of alkyl halides is 3. The summed E-state index contributed by atoms with van der Waals surface area (Å²) in [5.74, 6) is -3.03. The minimum Gasteiger partial charge on any atom is -0.493 e. The van der Waals surface area contributed by atoms with Gasteiger partial charge in [0.1, 0.15) is 16.4 Å². The van der Waals surface area contributed by atoms with Crippen molar-refractivity contribution in [2.45, 2.75) is 67.2 Å². The van der Waals surface area contributed by atoms with E-state index in [1.54, 1.807) is 6.07 Å². The molecule has 0 amide bonds. The van der Waals surface area contributed by atoms with E-state index in [9.17, 15) is 45.7 Å². The molecule has 53 heavy (non-hydrogen) atoms. The molecule has 0 saturated heterocycles. The van der Waals surface area contributed by atoms with Crippen molar-refractivity contribution in [1.29, 1.82) is 0 Å². The van der Waals surface area contributed by atoms with Crippen molar-refractivity contribution in [3.8, 4) is 11.5 Å². The molecule has 4 rings (SSSR count). The van der Waals surface area contributed by atoms with Crippen LogP contribution in [0.2, 0.25) is 0 Å². The van der Waals surface area contributed by atoms with E-state index < -0.39 is 65.4 Å². The van der Waals surface area contributed by atoms with E-state index >= 15 is 4.39 Å². The maximum atomic E-state index is 15.2. The molecule has 3 aromatic carbocycles. The van der Waals surface area contributed by atoms with Gasteiger partial charge in [0.05, 0.1) is 30.8 Å². The van der Waals surface area contributed by atoms with E-state index in [-0.39, 0.29) is 69.2 Å². The van der Waals surface area contributed by atoms with E-state index in [0.717, 1.165) is 30.3 Å². The molecule has 0 N–H and O–H groups in total. The average molecular weight is 770 g/mol. The SMILES string of the molecule is COc1cc(C=CC(=O)OCCCCO[N+](=O)[O-])ccc1OC(=O)CCC1CCC(c2cc(F)ccc2F)(S(=O)(=O)c2ccc(C(F)(F)F)cc2)CC1. The molecular weight excluding hydrogens is 733 g/mol. The van der Waals surface area contributed by atoms with Crippen molar-refractivity contribution >= 4 is 27.9 Å². The molecule has 0 spiro atoms. The Hall–Kier alpha value is -5.06. The Balaban J connectivity index is 1.37. The lowest BCUT2D eigenvalue weighted by Crippen LogP contribution is -2.40. The molecule has 286 valence electrons. The van der Waals surface area contributed by atoms with Gasteiger partial charge in [-0.1, -0.05) is 6.07 Å². The number of hydrogen-bond donors (Lipinski definition) is 0. The van der Waals surface area contributed by atoms with Gasteiger partial charge in [0.15, 0.2) is 21.3 Å². The Morgan fingerprint density at radius 3 is 2.28 bits per heavy atom. The fourth-order valence-corrected chi connectivity index (χ4v) is 8.27. The average Bonchev–Trinajstić information content (AvgIpc) is 3.12. The molecule has 0 radical (unpaired) electrons. The van der Waals surface area contributed by atoms with E-state index in [4.69, 9.17) is 14.2 Å². The lowest BCUT2D eigenvalue weighted by atomic mass is 9.76. The Bertz CT molecular complexity index is 1910. The number of nitrogens with zero attached hydrogens (tertiary/aromatic N) is 1. The Morgan fingerprint density at radius 1 is 0.962 bits per heavy atom. The van der Waals surface area contributed by atoms with Crippen LogP contribution in [0.1, 0.15) is 68.1 Å². The first-order valence-electron chi connectivity index (χ1n) is 16.4. The van der Waals surface area contributed by atoms with Crippen molar-refractivity contribution in [3.05, 3.63) is 105 Å². The maximum absolute atomic E-state index is 15.2. The Kier molecular flexibility index (Phi) is 13.5. The highest BCUT2D eigenvalue weighted by Crippen LogP contribution is 2.50. The normalized spacial score (nSPS) is 17.7. The molecule has 0 bridgehead atoms. The van der Waals surface area contributed by atoms with Gasteiger partial charge in [-0.3, -0.25) is 4.79 Å². The molecule has 1 aliphatic rings. The van der Waals surface area contributed by atoms with Gasteiger partial charge < -0.3 is 19.0 Å². The predicted molar refractivity (Wildman–Crippen MR) is 179 cm³/mol. The molecule has 0 aliphatic heterocycles. The second kappa shape index (κ2) is 17.6. The maximum Gasteiger partial charge on any atom is 0.416 e. The van der Waals surface area contributed by atoms with Crippen LogP contribution < -0.4 is 9.47 Å². The third-order valence-electron chi connectivity index (χ3n) is 8.90. The van der Waals surface area contributed by atoms with Crippen LogP contribution in [0.15, 0.2) is 71.6 Å². The number of esters is 2. The molecule has 0 atom stereocenters. The highest BCUT2D eigenvalue weighted by molar-refractivity contribution is 7.92. The molecule has 0 unspecified atom stereocenters. The fourth-order valence-electron chi connectivity index (χ4n) is 6.11. The highest BCUT2D eigenvalue weighted by Gasteiger charge is 2.50. The van der Waals surface area contributed by atoms with E-state index in [1.165, 1.54) is 31.4 Å². The van der Waals surface area contributed by atoms with Crippen LogP contribution in [0.3, 0.4) is 0 Å². The van der Waals surface area contributed by atoms with Crippen LogP contribution in [0, 0.1) is 27.7 Å². The molecular formula is C36H36F5NO10S. The van der Waals surface area contributed by atoms with Gasteiger partial charge in [-0.05, 0) is 117 Å². The predicted octanol–water partition coefficient (Wildman–Crippen LogP) is 7.78. The van der Waals surface area contributed by atoms with Crippen molar-refractivity contribution < 1.29 is 64.1 Å². The van der Waals surface area contributed by atoms with Crippen LogP contribution in [0.4, 0.5) is 22.0 Å². The number of carbonyl (C=O) groups is 2. The second-order valence-electron chi connectivity index (χ2n) is 12.3. The van der Waals surface area contributed by atoms with Crippen LogP contribution in [-0.2, 0) is 39.9 Å². The molecule has 0 heterocycles. The largest absolute Gasteiger partial charge is 0.493 e. The number of carbonyl (C=O) groups excluding carboxylic acids is 2. The van der Waals surface area contributed by atoms with Crippen molar-refractivity contribution in [1.82, 2.24) is 0 Å². The number of unbranched alkanes of at least 4 members (excludes halogenated alkanes) is 1. The van der Waals surface area contributed by atoms with Gasteiger partial charge in [0.25, 0.3) is 5.09 Å². The Morgan fingerprint density at radius 2 is 1.64 bits per heavy atom. The summed E-state index contributed by atoms with van der Waals surface area (Å²) in [5, 5.41) is 9.22. The summed E-state index contributed by atoms with van der Waals surface area (Å²) in [6.45, 7) is -0.0697. The highest BCUT2D eigenvalue weighted by atomic mass is 32.2. The first-order chi connectivity index (χ1) is 25.1. The summed E-state index contributed by atoms with van der Waals surface area (Å²) in [6.07, 6.45) is -1.18. The van der Waals surface area contributed by atoms with Crippen molar-refractivity contribution in [2.24, 2.45) is 5.92 Å². The zero-order valence-corrected chi connectivity index (χ0v) is 29.2. The van der Waals surface area contributed by atoms with Gasteiger partial charge in [-0.2, -0.15) is 13.2 Å². The third kappa shape index (κ3) is 10.5. The molecule has 17 heteroatoms. The molecule has 11 nitrogen and oxygen atoms in total.